The highest BCUT2D eigenvalue weighted by molar-refractivity contribution is 7.91. The molecule has 0 aromatic rings. The van der Waals surface area contributed by atoms with Crippen molar-refractivity contribution in [2.45, 2.75) is 26.2 Å². The zero-order valence-corrected chi connectivity index (χ0v) is 12.4. The molecule has 0 aromatic heterocycles. The van der Waals surface area contributed by atoms with Gasteiger partial charge in [0.1, 0.15) is 0 Å². The Labute approximate surface area is 118 Å². The van der Waals surface area contributed by atoms with Gasteiger partial charge in [-0.05, 0) is 31.1 Å². The highest BCUT2D eigenvalue weighted by Gasteiger charge is 2.41. The molecule has 1 aliphatic heterocycles. The lowest BCUT2D eigenvalue weighted by atomic mass is 9.95. The molecule has 1 aliphatic carbocycles. The van der Waals surface area contributed by atoms with Crippen molar-refractivity contribution in [2.75, 3.05) is 18.1 Å². The van der Waals surface area contributed by atoms with Crippen LogP contribution in [0.5, 0.6) is 0 Å². The van der Waals surface area contributed by atoms with Crippen LogP contribution in [0.25, 0.3) is 0 Å². The third kappa shape index (κ3) is 3.50. The summed E-state index contributed by atoms with van der Waals surface area (Å²) in [5, 5.41) is 11.9. The van der Waals surface area contributed by atoms with E-state index in [4.69, 9.17) is 5.11 Å². The fourth-order valence-corrected chi connectivity index (χ4v) is 5.13. The second-order valence-corrected chi connectivity index (χ2v) is 8.37. The Bertz CT molecular complexity index is 501. The molecule has 6 nitrogen and oxygen atoms in total. The predicted octanol–water partition coefficient (Wildman–Crippen LogP) is 0.284. The Morgan fingerprint density at radius 3 is 2.45 bits per heavy atom. The lowest BCUT2D eigenvalue weighted by Gasteiger charge is -2.17. The van der Waals surface area contributed by atoms with Crippen LogP contribution in [0, 0.1) is 23.7 Å². The van der Waals surface area contributed by atoms with Gasteiger partial charge in [0.05, 0.1) is 23.3 Å². The van der Waals surface area contributed by atoms with Crippen LogP contribution in [-0.2, 0) is 19.4 Å². The number of carboxylic acid groups (broad SMARTS) is 1. The van der Waals surface area contributed by atoms with Crippen molar-refractivity contribution >= 4 is 21.7 Å². The maximum atomic E-state index is 12.1. The van der Waals surface area contributed by atoms with Gasteiger partial charge in [-0.1, -0.05) is 6.92 Å². The van der Waals surface area contributed by atoms with Crippen LogP contribution in [0.1, 0.15) is 26.2 Å². The van der Waals surface area contributed by atoms with Crippen molar-refractivity contribution in [2.24, 2.45) is 23.7 Å². The molecule has 0 bridgehead atoms. The average molecular weight is 303 g/mol. The maximum Gasteiger partial charge on any atom is 0.307 e. The number of hydrogen-bond donors (Lipinski definition) is 2. The number of carbonyl (C=O) groups excluding carboxylic acids is 1. The topological polar surface area (TPSA) is 101 Å². The van der Waals surface area contributed by atoms with Crippen molar-refractivity contribution < 1.29 is 23.1 Å². The third-order valence-corrected chi connectivity index (χ3v) is 6.18. The quantitative estimate of drug-likeness (QED) is 0.777. The minimum absolute atomic E-state index is 0.0361. The van der Waals surface area contributed by atoms with Crippen LogP contribution >= 0.6 is 0 Å². The number of carboxylic acids is 1. The Morgan fingerprint density at radius 2 is 1.90 bits per heavy atom. The van der Waals surface area contributed by atoms with Crippen LogP contribution in [-0.4, -0.2) is 43.5 Å². The number of nitrogens with one attached hydrogen (secondary N) is 1. The van der Waals surface area contributed by atoms with E-state index in [1.54, 1.807) is 0 Å². The van der Waals surface area contributed by atoms with Gasteiger partial charge in [-0.15, -0.1) is 0 Å². The first-order valence-electron chi connectivity index (χ1n) is 6.99. The van der Waals surface area contributed by atoms with Gasteiger partial charge in [0.25, 0.3) is 0 Å². The molecule has 114 valence electrons. The van der Waals surface area contributed by atoms with Crippen LogP contribution in [0.3, 0.4) is 0 Å². The zero-order valence-electron chi connectivity index (χ0n) is 11.5. The molecule has 0 radical (unpaired) electrons. The monoisotopic (exact) mass is 303 g/mol. The Kier molecular flexibility index (Phi) is 4.36. The second-order valence-electron chi connectivity index (χ2n) is 6.14. The number of hydrogen-bond acceptors (Lipinski definition) is 4. The zero-order chi connectivity index (χ0) is 14.9. The summed E-state index contributed by atoms with van der Waals surface area (Å²) in [6.45, 7) is 2.28. The summed E-state index contributed by atoms with van der Waals surface area (Å²) in [5.74, 6) is -1.76. The van der Waals surface area contributed by atoms with E-state index in [0.717, 1.165) is 0 Å². The van der Waals surface area contributed by atoms with Gasteiger partial charge in [-0.25, -0.2) is 8.42 Å². The molecule has 0 aromatic carbocycles. The molecule has 0 spiro atoms. The molecule has 2 aliphatic rings. The number of aliphatic carboxylic acids is 1. The molecular weight excluding hydrogens is 282 g/mol. The SMILES string of the molecule is CC1C[C@H](C(=O)NCC2CCS(=O)(=O)C2)[C@H](C(=O)O)C1. The summed E-state index contributed by atoms with van der Waals surface area (Å²) in [5.41, 5.74) is 0. The first-order chi connectivity index (χ1) is 9.28. The van der Waals surface area contributed by atoms with E-state index in [1.807, 2.05) is 6.92 Å². The molecule has 4 atom stereocenters. The van der Waals surface area contributed by atoms with Crippen molar-refractivity contribution in [1.29, 1.82) is 0 Å². The van der Waals surface area contributed by atoms with Gasteiger partial charge < -0.3 is 10.4 Å². The fourth-order valence-electron chi connectivity index (χ4n) is 3.26. The van der Waals surface area contributed by atoms with E-state index in [-0.39, 0.29) is 29.2 Å². The fraction of sp³-hybridized carbons (Fsp3) is 0.846. The summed E-state index contributed by atoms with van der Waals surface area (Å²) in [7, 11) is -2.94. The standard InChI is InChI=1S/C13H21NO5S/c1-8-4-10(11(5-8)13(16)17)12(15)14-6-9-2-3-20(18,19)7-9/h8-11H,2-7H2,1H3,(H,14,15)(H,16,17)/t8?,9?,10-,11+/m0/s1. The van der Waals surface area contributed by atoms with E-state index < -0.39 is 27.6 Å². The van der Waals surface area contributed by atoms with Crippen molar-refractivity contribution in [3.05, 3.63) is 0 Å². The van der Waals surface area contributed by atoms with Crippen LogP contribution in [0.4, 0.5) is 0 Å². The number of amides is 1. The van der Waals surface area contributed by atoms with Gasteiger partial charge in [-0.3, -0.25) is 9.59 Å². The number of rotatable bonds is 4. The Morgan fingerprint density at radius 1 is 1.25 bits per heavy atom. The summed E-state index contributed by atoms with van der Waals surface area (Å²) in [6.07, 6.45) is 1.70. The molecular formula is C13H21NO5S. The van der Waals surface area contributed by atoms with E-state index in [0.29, 0.717) is 25.8 Å². The number of carbonyl (C=O) groups is 2. The summed E-state index contributed by atoms with van der Waals surface area (Å²) in [6, 6.07) is 0. The second kappa shape index (κ2) is 5.71. The Hall–Kier alpha value is -1.11. The molecule has 2 fully saturated rings. The average Bonchev–Trinajstić information content (AvgIpc) is 2.89. The van der Waals surface area contributed by atoms with Crippen molar-refractivity contribution in [3.63, 3.8) is 0 Å². The van der Waals surface area contributed by atoms with E-state index >= 15 is 0 Å². The smallest absolute Gasteiger partial charge is 0.307 e. The van der Waals surface area contributed by atoms with Gasteiger partial charge in [0, 0.05) is 6.54 Å². The van der Waals surface area contributed by atoms with Crippen LogP contribution in [0.2, 0.25) is 0 Å². The summed E-state index contributed by atoms with van der Waals surface area (Å²) >= 11 is 0. The Balaban J connectivity index is 1.87. The van der Waals surface area contributed by atoms with Crippen molar-refractivity contribution in [1.82, 2.24) is 5.32 Å². The lowest BCUT2D eigenvalue weighted by Crippen LogP contribution is -2.38. The molecule has 1 saturated heterocycles. The van der Waals surface area contributed by atoms with Crippen LogP contribution in [0.15, 0.2) is 0 Å². The first kappa shape index (κ1) is 15.3. The predicted molar refractivity (Wildman–Crippen MR) is 72.8 cm³/mol. The minimum atomic E-state index is -2.94. The molecule has 1 amide bonds. The normalized spacial score (nSPS) is 35.9. The largest absolute Gasteiger partial charge is 0.481 e. The molecule has 20 heavy (non-hydrogen) atoms. The summed E-state index contributed by atoms with van der Waals surface area (Å²) < 4.78 is 22.7. The maximum absolute atomic E-state index is 12.1. The minimum Gasteiger partial charge on any atom is -0.481 e. The molecule has 1 heterocycles. The molecule has 7 heteroatoms. The lowest BCUT2D eigenvalue weighted by molar-refractivity contribution is -0.146. The van der Waals surface area contributed by atoms with Gasteiger partial charge >= 0.3 is 5.97 Å². The highest BCUT2D eigenvalue weighted by atomic mass is 32.2. The van der Waals surface area contributed by atoms with Gasteiger partial charge in [-0.2, -0.15) is 0 Å². The molecule has 2 unspecified atom stereocenters. The molecule has 2 N–H and O–H groups in total. The molecule has 2 rings (SSSR count). The van der Waals surface area contributed by atoms with Gasteiger partial charge in [0.2, 0.25) is 5.91 Å². The van der Waals surface area contributed by atoms with E-state index in [9.17, 15) is 18.0 Å². The van der Waals surface area contributed by atoms with E-state index in [1.165, 1.54) is 0 Å². The third-order valence-electron chi connectivity index (χ3n) is 4.34. The van der Waals surface area contributed by atoms with Crippen molar-refractivity contribution in [3.8, 4) is 0 Å². The van der Waals surface area contributed by atoms with Gasteiger partial charge in [0.15, 0.2) is 9.84 Å². The van der Waals surface area contributed by atoms with E-state index in [2.05, 4.69) is 5.32 Å². The summed E-state index contributed by atoms with van der Waals surface area (Å²) in [4.78, 5) is 23.2. The highest BCUT2D eigenvalue weighted by Crippen LogP contribution is 2.36. The van der Waals surface area contributed by atoms with Crippen LogP contribution < -0.4 is 5.32 Å². The molecule has 1 saturated carbocycles. The number of sulfone groups is 1. The first-order valence-corrected chi connectivity index (χ1v) is 8.81.